The van der Waals surface area contributed by atoms with Gasteiger partial charge in [-0.15, -0.1) is 0 Å². The summed E-state index contributed by atoms with van der Waals surface area (Å²) in [6, 6.07) is 12.7. The van der Waals surface area contributed by atoms with Crippen LogP contribution in [0.3, 0.4) is 0 Å². The number of hydrogen-bond donors (Lipinski definition) is 1. The molecule has 1 heterocycles. The molecule has 96 valence electrons. The Kier molecular flexibility index (Phi) is 4.32. The second-order valence-electron chi connectivity index (χ2n) is 5.21. The van der Waals surface area contributed by atoms with Crippen molar-refractivity contribution in [1.82, 2.24) is 4.98 Å². The normalized spacial score (nSPS) is 14.6. The topological polar surface area (TPSA) is 38.9 Å². The minimum atomic E-state index is 0.216. The lowest BCUT2D eigenvalue weighted by atomic mass is 9.97. The quantitative estimate of drug-likeness (QED) is 0.871. The molecular formula is C16H22N2. The predicted octanol–water partition coefficient (Wildman–Crippen LogP) is 3.54. The third kappa shape index (κ3) is 3.30. The van der Waals surface area contributed by atoms with Crippen LogP contribution in [0.1, 0.15) is 32.4 Å². The molecule has 0 amide bonds. The first kappa shape index (κ1) is 13.0. The van der Waals surface area contributed by atoms with Crippen LogP contribution in [0.4, 0.5) is 0 Å². The van der Waals surface area contributed by atoms with Gasteiger partial charge in [-0.2, -0.15) is 0 Å². The summed E-state index contributed by atoms with van der Waals surface area (Å²) >= 11 is 0. The van der Waals surface area contributed by atoms with E-state index in [1.807, 2.05) is 12.1 Å². The summed E-state index contributed by atoms with van der Waals surface area (Å²) in [6.07, 6.45) is 3.14. The highest BCUT2D eigenvalue weighted by molar-refractivity contribution is 5.78. The van der Waals surface area contributed by atoms with E-state index in [9.17, 15) is 0 Å². The molecule has 0 bridgehead atoms. The third-order valence-electron chi connectivity index (χ3n) is 3.53. The van der Waals surface area contributed by atoms with Crippen molar-refractivity contribution in [3.63, 3.8) is 0 Å². The Morgan fingerprint density at radius 1 is 1.17 bits per heavy atom. The van der Waals surface area contributed by atoms with Gasteiger partial charge in [-0.1, -0.05) is 44.5 Å². The van der Waals surface area contributed by atoms with Crippen molar-refractivity contribution in [2.45, 2.75) is 39.2 Å². The first-order chi connectivity index (χ1) is 8.69. The van der Waals surface area contributed by atoms with Gasteiger partial charge in [0, 0.05) is 23.5 Å². The lowest BCUT2D eigenvalue weighted by Crippen LogP contribution is -2.25. The summed E-state index contributed by atoms with van der Waals surface area (Å²) in [5.41, 5.74) is 8.35. The van der Waals surface area contributed by atoms with Gasteiger partial charge in [0.15, 0.2) is 0 Å². The van der Waals surface area contributed by atoms with Crippen LogP contribution in [-0.4, -0.2) is 11.0 Å². The van der Waals surface area contributed by atoms with Crippen LogP contribution in [0.25, 0.3) is 10.9 Å². The standard InChI is InChI=1S/C16H22N2/c1-3-12(2)10-14(17)11-15-9-8-13-6-4-5-7-16(13)18-15/h4-9,12,14H,3,10-11,17H2,1-2H3. The highest BCUT2D eigenvalue weighted by Gasteiger charge is 2.09. The van der Waals surface area contributed by atoms with Crippen LogP contribution in [0.15, 0.2) is 36.4 Å². The molecule has 2 nitrogen and oxygen atoms in total. The van der Waals surface area contributed by atoms with Gasteiger partial charge >= 0.3 is 0 Å². The van der Waals surface area contributed by atoms with Gasteiger partial charge in [0.25, 0.3) is 0 Å². The summed E-state index contributed by atoms with van der Waals surface area (Å²) in [6.45, 7) is 4.47. The maximum absolute atomic E-state index is 6.19. The molecule has 2 N–H and O–H groups in total. The fraction of sp³-hybridized carbons (Fsp3) is 0.438. The number of para-hydroxylation sites is 1. The fourth-order valence-corrected chi connectivity index (χ4v) is 2.26. The Labute approximate surface area is 109 Å². The van der Waals surface area contributed by atoms with Crippen LogP contribution in [0.2, 0.25) is 0 Å². The first-order valence-electron chi connectivity index (χ1n) is 6.79. The molecule has 1 aromatic heterocycles. The van der Waals surface area contributed by atoms with E-state index in [4.69, 9.17) is 5.73 Å². The molecule has 0 aliphatic heterocycles. The molecule has 0 radical (unpaired) electrons. The van der Waals surface area contributed by atoms with E-state index in [0.717, 1.165) is 24.1 Å². The summed E-state index contributed by atoms with van der Waals surface area (Å²) < 4.78 is 0. The van der Waals surface area contributed by atoms with E-state index in [1.54, 1.807) is 0 Å². The van der Waals surface area contributed by atoms with Gasteiger partial charge in [0.2, 0.25) is 0 Å². The predicted molar refractivity (Wildman–Crippen MR) is 77.5 cm³/mol. The minimum absolute atomic E-state index is 0.216. The third-order valence-corrected chi connectivity index (χ3v) is 3.53. The number of nitrogens with zero attached hydrogens (tertiary/aromatic N) is 1. The van der Waals surface area contributed by atoms with Crippen molar-refractivity contribution in [3.05, 3.63) is 42.1 Å². The van der Waals surface area contributed by atoms with Crippen molar-refractivity contribution >= 4 is 10.9 Å². The Balaban J connectivity index is 2.07. The minimum Gasteiger partial charge on any atom is -0.327 e. The van der Waals surface area contributed by atoms with Crippen LogP contribution in [0.5, 0.6) is 0 Å². The number of rotatable bonds is 5. The van der Waals surface area contributed by atoms with Crippen molar-refractivity contribution in [2.75, 3.05) is 0 Å². The second-order valence-corrected chi connectivity index (χ2v) is 5.21. The zero-order chi connectivity index (χ0) is 13.0. The van der Waals surface area contributed by atoms with Crippen LogP contribution in [-0.2, 0) is 6.42 Å². The Morgan fingerprint density at radius 2 is 1.94 bits per heavy atom. The molecule has 0 aliphatic carbocycles. The van der Waals surface area contributed by atoms with Crippen molar-refractivity contribution in [1.29, 1.82) is 0 Å². The van der Waals surface area contributed by atoms with Crippen molar-refractivity contribution in [3.8, 4) is 0 Å². The van der Waals surface area contributed by atoms with Crippen LogP contribution < -0.4 is 5.73 Å². The maximum Gasteiger partial charge on any atom is 0.0705 e. The van der Waals surface area contributed by atoms with Gasteiger partial charge in [0.1, 0.15) is 0 Å². The average molecular weight is 242 g/mol. The SMILES string of the molecule is CCC(C)CC(N)Cc1ccc2ccccc2n1. The van der Waals surface area contributed by atoms with Gasteiger partial charge in [-0.3, -0.25) is 4.98 Å². The van der Waals surface area contributed by atoms with Gasteiger partial charge < -0.3 is 5.73 Å². The smallest absolute Gasteiger partial charge is 0.0705 e. The maximum atomic E-state index is 6.19. The Bertz CT molecular complexity index is 507. The molecule has 2 rings (SSSR count). The molecule has 1 aromatic carbocycles. The number of aromatic nitrogens is 1. The van der Waals surface area contributed by atoms with Crippen LogP contribution >= 0.6 is 0 Å². The van der Waals surface area contributed by atoms with E-state index >= 15 is 0 Å². The lowest BCUT2D eigenvalue weighted by Gasteiger charge is -2.15. The van der Waals surface area contributed by atoms with Gasteiger partial charge in [0.05, 0.1) is 5.52 Å². The van der Waals surface area contributed by atoms with Gasteiger partial charge in [-0.05, 0) is 24.5 Å². The van der Waals surface area contributed by atoms with E-state index in [1.165, 1.54) is 11.8 Å². The number of fused-ring (bicyclic) bond motifs is 1. The van der Waals surface area contributed by atoms with E-state index in [2.05, 4.69) is 43.1 Å². The molecule has 0 fully saturated rings. The average Bonchev–Trinajstić information content (AvgIpc) is 2.38. The summed E-state index contributed by atoms with van der Waals surface area (Å²) in [4.78, 5) is 4.67. The van der Waals surface area contributed by atoms with Crippen molar-refractivity contribution < 1.29 is 0 Å². The molecule has 0 spiro atoms. The van der Waals surface area contributed by atoms with Crippen LogP contribution in [0, 0.1) is 5.92 Å². The largest absolute Gasteiger partial charge is 0.327 e. The Morgan fingerprint density at radius 3 is 2.72 bits per heavy atom. The summed E-state index contributed by atoms with van der Waals surface area (Å²) in [5.74, 6) is 0.695. The zero-order valence-electron chi connectivity index (χ0n) is 11.3. The Hall–Kier alpha value is -1.41. The fourth-order valence-electron chi connectivity index (χ4n) is 2.26. The molecule has 2 aromatic rings. The summed E-state index contributed by atoms with van der Waals surface area (Å²) in [7, 11) is 0. The highest BCUT2D eigenvalue weighted by Crippen LogP contribution is 2.15. The second kappa shape index (κ2) is 5.96. The van der Waals surface area contributed by atoms with E-state index < -0.39 is 0 Å². The molecule has 0 aliphatic rings. The molecule has 2 atom stereocenters. The van der Waals surface area contributed by atoms with E-state index in [-0.39, 0.29) is 6.04 Å². The number of nitrogens with two attached hydrogens (primary N) is 1. The monoisotopic (exact) mass is 242 g/mol. The first-order valence-corrected chi connectivity index (χ1v) is 6.79. The molecule has 0 saturated carbocycles. The lowest BCUT2D eigenvalue weighted by molar-refractivity contribution is 0.448. The molecular weight excluding hydrogens is 220 g/mol. The van der Waals surface area contributed by atoms with E-state index in [0.29, 0.717) is 5.92 Å². The molecule has 2 heteroatoms. The molecule has 18 heavy (non-hydrogen) atoms. The van der Waals surface area contributed by atoms with Gasteiger partial charge in [-0.25, -0.2) is 0 Å². The summed E-state index contributed by atoms with van der Waals surface area (Å²) in [5, 5.41) is 1.19. The number of pyridine rings is 1. The number of benzene rings is 1. The zero-order valence-corrected chi connectivity index (χ0v) is 11.3. The number of hydrogen-bond acceptors (Lipinski definition) is 2. The molecule has 0 saturated heterocycles. The van der Waals surface area contributed by atoms with Crippen molar-refractivity contribution in [2.24, 2.45) is 11.7 Å². The highest BCUT2D eigenvalue weighted by atomic mass is 14.7. The molecule has 2 unspecified atom stereocenters.